The number of amides is 1. The number of hydroxylamine groups is 1. The van der Waals surface area contributed by atoms with Crippen LogP contribution in [0, 0.1) is 0 Å². The van der Waals surface area contributed by atoms with Crippen LogP contribution in [-0.2, 0) is 14.4 Å². The van der Waals surface area contributed by atoms with Crippen molar-refractivity contribution in [3.05, 3.63) is 0 Å². The van der Waals surface area contributed by atoms with Crippen molar-refractivity contribution in [3.63, 3.8) is 0 Å². The number of hydrogen-bond donors (Lipinski definition) is 2. The van der Waals surface area contributed by atoms with Crippen molar-refractivity contribution in [2.45, 2.75) is 109 Å². The number of nitrogens with one attached hydrogen (secondary N) is 1. The lowest BCUT2D eigenvalue weighted by atomic mass is 10.0. The summed E-state index contributed by atoms with van der Waals surface area (Å²) < 4.78 is 0.576. The Bertz CT molecular complexity index is 422. The van der Waals surface area contributed by atoms with Crippen LogP contribution in [0.15, 0.2) is 0 Å². The highest BCUT2D eigenvalue weighted by Crippen LogP contribution is 2.13. The van der Waals surface area contributed by atoms with Gasteiger partial charge in [0.2, 0.25) is 5.91 Å². The third-order valence-corrected chi connectivity index (χ3v) is 5.00. The number of quaternary nitrogens is 1. The molecule has 1 atom stereocenters. The molecule has 0 heterocycles. The van der Waals surface area contributed by atoms with Crippen molar-refractivity contribution >= 4 is 11.9 Å². The quantitative estimate of drug-likeness (QED) is 0.165. The minimum Gasteiger partial charge on any atom is -0.481 e. The van der Waals surface area contributed by atoms with E-state index in [1.807, 2.05) is 21.1 Å². The fraction of sp³-hybridized carbons (Fsp3) is 0.913. The number of unbranched alkanes of at least 4 members (excludes halogenated alkanes) is 12. The maximum atomic E-state index is 11.9. The molecule has 0 aromatic rings. The van der Waals surface area contributed by atoms with Gasteiger partial charge in [0.15, 0.2) is 0 Å². The van der Waals surface area contributed by atoms with Crippen LogP contribution in [0.4, 0.5) is 0 Å². The van der Waals surface area contributed by atoms with Gasteiger partial charge in [-0.1, -0.05) is 84.0 Å². The summed E-state index contributed by atoms with van der Waals surface area (Å²) in [6, 6.07) is 0. The van der Waals surface area contributed by atoms with Gasteiger partial charge in [-0.3, -0.25) is 14.4 Å². The van der Waals surface area contributed by atoms with Gasteiger partial charge in [-0.2, -0.15) is 0 Å². The number of carboxylic acid groups (broad SMARTS) is 1. The fourth-order valence-corrected chi connectivity index (χ4v) is 3.45. The first-order valence-corrected chi connectivity index (χ1v) is 11.7. The molecule has 0 aliphatic rings. The van der Waals surface area contributed by atoms with Crippen LogP contribution in [0.5, 0.6) is 0 Å². The van der Waals surface area contributed by atoms with Gasteiger partial charge >= 0.3 is 5.97 Å². The molecule has 6 heteroatoms. The third kappa shape index (κ3) is 21.4. The second kappa shape index (κ2) is 17.7. The fourth-order valence-electron chi connectivity index (χ4n) is 3.45. The summed E-state index contributed by atoms with van der Waals surface area (Å²) in [4.78, 5) is 28.2. The lowest BCUT2D eigenvalue weighted by Gasteiger charge is -2.28. The second-order valence-electron chi connectivity index (χ2n) is 9.33. The first kappa shape index (κ1) is 27.9. The van der Waals surface area contributed by atoms with Gasteiger partial charge in [0.05, 0.1) is 27.6 Å². The molecule has 0 fully saturated rings. The van der Waals surface area contributed by atoms with Gasteiger partial charge in [0.1, 0.15) is 12.6 Å². The number of carbonyl (C=O) groups is 2. The predicted octanol–water partition coefficient (Wildman–Crippen LogP) is 5.07. The van der Waals surface area contributed by atoms with E-state index in [1.165, 1.54) is 70.6 Å². The Labute approximate surface area is 178 Å². The number of carboxylic acids is 1. The van der Waals surface area contributed by atoms with E-state index in [0.717, 1.165) is 12.8 Å². The van der Waals surface area contributed by atoms with E-state index >= 15 is 0 Å². The molecule has 0 bridgehead atoms. The second-order valence-corrected chi connectivity index (χ2v) is 9.33. The summed E-state index contributed by atoms with van der Waals surface area (Å²) >= 11 is 0. The average molecular weight is 416 g/mol. The molecule has 0 aliphatic carbocycles. The highest BCUT2D eigenvalue weighted by molar-refractivity contribution is 5.74. The highest BCUT2D eigenvalue weighted by Gasteiger charge is 2.23. The van der Waals surface area contributed by atoms with Crippen molar-refractivity contribution in [2.24, 2.45) is 0 Å². The number of carbonyl (C=O) groups excluding carboxylic acids is 1. The summed E-state index contributed by atoms with van der Waals surface area (Å²) in [5, 5.41) is 8.98. The Morgan fingerprint density at radius 3 is 1.69 bits per heavy atom. The van der Waals surface area contributed by atoms with E-state index < -0.39 is 12.1 Å². The van der Waals surface area contributed by atoms with Crippen LogP contribution in [0.2, 0.25) is 0 Å². The summed E-state index contributed by atoms with van der Waals surface area (Å²) in [7, 11) is 5.90. The van der Waals surface area contributed by atoms with E-state index in [0.29, 0.717) is 17.4 Å². The molecule has 0 aromatic heterocycles. The van der Waals surface area contributed by atoms with Crippen LogP contribution in [0.25, 0.3) is 0 Å². The molecule has 0 aromatic carbocycles. The molecule has 0 spiro atoms. The molecule has 0 saturated carbocycles. The number of hydrogen-bond acceptors (Lipinski definition) is 3. The lowest BCUT2D eigenvalue weighted by molar-refractivity contribution is -0.873. The van der Waals surface area contributed by atoms with Crippen LogP contribution >= 0.6 is 0 Å². The van der Waals surface area contributed by atoms with Crippen LogP contribution in [-0.4, -0.2) is 55.3 Å². The van der Waals surface area contributed by atoms with Crippen LogP contribution in [0.3, 0.4) is 0 Å². The Hall–Kier alpha value is -1.14. The zero-order valence-electron chi connectivity index (χ0n) is 19.5. The smallest absolute Gasteiger partial charge is 0.306 e. The molecule has 6 nitrogen and oxygen atoms in total. The lowest BCUT2D eigenvalue weighted by Crippen LogP contribution is -2.45. The minimum absolute atomic E-state index is 0.117. The zero-order valence-corrected chi connectivity index (χ0v) is 19.5. The van der Waals surface area contributed by atoms with Crippen molar-refractivity contribution in [2.75, 3.05) is 27.7 Å². The third-order valence-electron chi connectivity index (χ3n) is 5.00. The molecule has 0 aliphatic heterocycles. The van der Waals surface area contributed by atoms with Gasteiger partial charge in [0.25, 0.3) is 0 Å². The summed E-state index contributed by atoms with van der Waals surface area (Å²) in [6.45, 7) is 2.77. The zero-order chi connectivity index (χ0) is 22.0. The van der Waals surface area contributed by atoms with E-state index in [-0.39, 0.29) is 12.3 Å². The predicted molar refractivity (Wildman–Crippen MR) is 118 cm³/mol. The minimum atomic E-state index is -0.922. The molecule has 2 N–H and O–H groups in total. The summed E-state index contributed by atoms with van der Waals surface area (Å²) in [5.41, 5.74) is 2.44. The molecular formula is C23H47N2O4+. The standard InChI is InChI=1S/C23H46N2O4/c1-5-6-7-8-9-10-11-12-13-14-15-16-17-18-22(26)24-29-21(19-23(27)28)20-25(2,3)4/h21H,5-20H2,1-4H3,(H-,24,26,27,28)/p+1. The van der Waals surface area contributed by atoms with Gasteiger partial charge in [-0.15, -0.1) is 0 Å². The number of nitrogens with zero attached hydrogens (tertiary/aromatic N) is 1. The molecule has 0 rings (SSSR count). The summed E-state index contributed by atoms with van der Waals surface area (Å²) in [6.07, 6.45) is 16.4. The van der Waals surface area contributed by atoms with E-state index in [1.54, 1.807) is 0 Å². The Kier molecular flexibility index (Phi) is 17.0. The molecule has 1 unspecified atom stereocenters. The molecule has 1 amide bonds. The van der Waals surface area contributed by atoms with E-state index in [9.17, 15) is 9.59 Å². The van der Waals surface area contributed by atoms with E-state index in [2.05, 4.69) is 12.4 Å². The van der Waals surface area contributed by atoms with Crippen molar-refractivity contribution in [1.29, 1.82) is 0 Å². The molecule has 0 radical (unpaired) electrons. The van der Waals surface area contributed by atoms with Gasteiger partial charge in [-0.25, -0.2) is 5.48 Å². The van der Waals surface area contributed by atoms with E-state index in [4.69, 9.17) is 9.94 Å². The number of aliphatic carboxylic acids is 1. The van der Waals surface area contributed by atoms with Crippen molar-refractivity contribution < 1.29 is 24.0 Å². The molecular weight excluding hydrogens is 368 g/mol. The SMILES string of the molecule is CCCCCCCCCCCCCCCC(=O)NOC(CC(=O)O)C[N+](C)(C)C. The largest absolute Gasteiger partial charge is 0.481 e. The van der Waals surface area contributed by atoms with Crippen molar-refractivity contribution in [3.8, 4) is 0 Å². The molecule has 0 saturated heterocycles. The molecule has 172 valence electrons. The first-order chi connectivity index (χ1) is 13.7. The molecule has 29 heavy (non-hydrogen) atoms. The van der Waals surface area contributed by atoms with Gasteiger partial charge in [0, 0.05) is 6.42 Å². The monoisotopic (exact) mass is 415 g/mol. The number of likely N-dealkylation sites (N-methyl/N-ethyl adjacent to an activating group) is 1. The van der Waals surface area contributed by atoms with Gasteiger partial charge in [-0.05, 0) is 6.42 Å². The maximum absolute atomic E-state index is 11.9. The van der Waals surface area contributed by atoms with Crippen LogP contribution in [0.1, 0.15) is 103 Å². The average Bonchev–Trinajstić information content (AvgIpc) is 2.62. The normalized spacial score (nSPS) is 12.7. The summed E-state index contributed by atoms with van der Waals surface area (Å²) in [5.74, 6) is -1.08. The topological polar surface area (TPSA) is 75.6 Å². The number of rotatable bonds is 20. The van der Waals surface area contributed by atoms with Gasteiger partial charge < -0.3 is 9.59 Å². The van der Waals surface area contributed by atoms with Crippen molar-refractivity contribution in [1.82, 2.24) is 5.48 Å². The Morgan fingerprint density at radius 2 is 1.28 bits per heavy atom. The van der Waals surface area contributed by atoms with Crippen LogP contribution < -0.4 is 5.48 Å². The Balaban J connectivity index is 3.60. The highest BCUT2D eigenvalue weighted by atomic mass is 16.7. The maximum Gasteiger partial charge on any atom is 0.306 e. The first-order valence-electron chi connectivity index (χ1n) is 11.7. The Morgan fingerprint density at radius 1 is 0.828 bits per heavy atom.